The maximum atomic E-state index is 12.5. The highest BCUT2D eigenvalue weighted by Crippen LogP contribution is 2.49. The van der Waals surface area contributed by atoms with Crippen molar-refractivity contribution in [2.24, 2.45) is 11.3 Å². The maximum Gasteiger partial charge on any atom is 0.311 e. The number of rotatable bonds is 3. The van der Waals surface area contributed by atoms with Gasteiger partial charge in [-0.05, 0) is 30.9 Å². The molecule has 2 heterocycles. The molecule has 7 heteroatoms. The van der Waals surface area contributed by atoms with Crippen molar-refractivity contribution in [1.82, 2.24) is 9.29 Å². The number of carboxylic acids is 1. The van der Waals surface area contributed by atoms with Gasteiger partial charge in [-0.1, -0.05) is 12.5 Å². The smallest absolute Gasteiger partial charge is 0.311 e. The van der Waals surface area contributed by atoms with Crippen molar-refractivity contribution < 1.29 is 18.3 Å². The van der Waals surface area contributed by atoms with Gasteiger partial charge in [0.15, 0.2) is 5.03 Å². The molecule has 0 aromatic carbocycles. The van der Waals surface area contributed by atoms with Crippen LogP contribution in [0.25, 0.3) is 0 Å². The van der Waals surface area contributed by atoms with Crippen LogP contribution in [-0.4, -0.2) is 41.9 Å². The van der Waals surface area contributed by atoms with Gasteiger partial charge in [0.05, 0.1) is 5.41 Å². The van der Waals surface area contributed by atoms with Gasteiger partial charge in [-0.15, -0.1) is 0 Å². The fourth-order valence-electron chi connectivity index (χ4n) is 3.41. The van der Waals surface area contributed by atoms with Crippen molar-refractivity contribution in [2.45, 2.75) is 24.3 Å². The molecule has 1 N–H and O–H groups in total. The molecule has 20 heavy (non-hydrogen) atoms. The second-order valence-electron chi connectivity index (χ2n) is 5.52. The largest absolute Gasteiger partial charge is 0.481 e. The third-order valence-corrected chi connectivity index (χ3v) is 6.24. The number of nitrogens with zero attached hydrogens (tertiary/aromatic N) is 2. The van der Waals surface area contributed by atoms with E-state index in [0.29, 0.717) is 6.42 Å². The lowest BCUT2D eigenvalue weighted by molar-refractivity contribution is -0.149. The van der Waals surface area contributed by atoms with Gasteiger partial charge in [0.2, 0.25) is 0 Å². The van der Waals surface area contributed by atoms with E-state index in [1.165, 1.54) is 16.6 Å². The predicted molar refractivity (Wildman–Crippen MR) is 70.4 cm³/mol. The van der Waals surface area contributed by atoms with E-state index < -0.39 is 21.4 Å². The van der Waals surface area contributed by atoms with Crippen molar-refractivity contribution in [1.29, 1.82) is 0 Å². The number of carbonyl (C=O) groups is 1. The Morgan fingerprint density at radius 2 is 2.25 bits per heavy atom. The Labute approximate surface area is 117 Å². The first-order chi connectivity index (χ1) is 9.47. The second kappa shape index (κ2) is 4.53. The molecule has 0 amide bonds. The summed E-state index contributed by atoms with van der Waals surface area (Å²) in [6.07, 6.45) is 3.62. The molecule has 2 atom stereocenters. The summed E-state index contributed by atoms with van der Waals surface area (Å²) in [6, 6.07) is 4.71. The molecule has 108 valence electrons. The minimum atomic E-state index is -3.69. The maximum absolute atomic E-state index is 12.5. The predicted octanol–water partition coefficient (Wildman–Crippen LogP) is 0.957. The summed E-state index contributed by atoms with van der Waals surface area (Å²) < 4.78 is 26.3. The zero-order valence-electron chi connectivity index (χ0n) is 10.9. The van der Waals surface area contributed by atoms with Crippen LogP contribution < -0.4 is 0 Å². The summed E-state index contributed by atoms with van der Waals surface area (Å²) in [5.74, 6) is -0.961. The van der Waals surface area contributed by atoms with Crippen LogP contribution in [0.15, 0.2) is 29.4 Å². The third kappa shape index (κ3) is 1.84. The van der Waals surface area contributed by atoms with Crippen molar-refractivity contribution >= 4 is 16.0 Å². The molecule has 1 saturated carbocycles. The first-order valence-corrected chi connectivity index (χ1v) is 8.05. The van der Waals surface area contributed by atoms with Gasteiger partial charge < -0.3 is 5.11 Å². The molecule has 0 spiro atoms. The highest BCUT2D eigenvalue weighted by atomic mass is 32.2. The number of sulfonamides is 1. The number of carboxylic acid groups (broad SMARTS) is 1. The zero-order valence-corrected chi connectivity index (χ0v) is 11.7. The number of hydrogen-bond acceptors (Lipinski definition) is 4. The quantitative estimate of drug-likeness (QED) is 0.897. The van der Waals surface area contributed by atoms with Gasteiger partial charge in [-0.2, -0.15) is 4.31 Å². The molecule has 1 aliphatic heterocycles. The van der Waals surface area contributed by atoms with Crippen molar-refractivity contribution in [3.05, 3.63) is 24.4 Å². The molecular weight excluding hydrogens is 280 g/mol. The normalized spacial score (nSPS) is 30.3. The molecule has 1 aliphatic carbocycles. The van der Waals surface area contributed by atoms with E-state index in [1.807, 2.05) is 0 Å². The Morgan fingerprint density at radius 3 is 2.85 bits per heavy atom. The van der Waals surface area contributed by atoms with Crippen molar-refractivity contribution in [3.63, 3.8) is 0 Å². The molecule has 1 aromatic rings. The minimum absolute atomic E-state index is 0.0134. The number of aromatic nitrogens is 1. The lowest BCUT2D eigenvalue weighted by Crippen LogP contribution is -2.37. The second-order valence-corrected chi connectivity index (χ2v) is 7.40. The lowest BCUT2D eigenvalue weighted by Gasteiger charge is -2.23. The Kier molecular flexibility index (Phi) is 3.06. The Bertz CT molecular complexity index is 631. The van der Waals surface area contributed by atoms with Gasteiger partial charge in [-0.25, -0.2) is 13.4 Å². The minimum Gasteiger partial charge on any atom is -0.481 e. The summed E-state index contributed by atoms with van der Waals surface area (Å²) in [5, 5.41) is 9.48. The Morgan fingerprint density at radius 1 is 1.45 bits per heavy atom. The van der Waals surface area contributed by atoms with Crippen LogP contribution in [0.4, 0.5) is 0 Å². The van der Waals surface area contributed by atoms with Crippen LogP contribution in [0.3, 0.4) is 0 Å². The van der Waals surface area contributed by atoms with Gasteiger partial charge in [0.25, 0.3) is 10.0 Å². The Hall–Kier alpha value is -1.47. The van der Waals surface area contributed by atoms with Crippen LogP contribution in [0.5, 0.6) is 0 Å². The fourth-order valence-corrected chi connectivity index (χ4v) is 4.89. The summed E-state index contributed by atoms with van der Waals surface area (Å²) in [4.78, 5) is 15.5. The van der Waals surface area contributed by atoms with Crippen molar-refractivity contribution in [2.75, 3.05) is 13.1 Å². The molecule has 1 aromatic heterocycles. The number of aliphatic carboxylic acids is 1. The number of pyridine rings is 1. The average molecular weight is 296 g/mol. The van der Waals surface area contributed by atoms with Gasteiger partial charge >= 0.3 is 5.97 Å². The van der Waals surface area contributed by atoms with Gasteiger partial charge in [0.1, 0.15) is 0 Å². The van der Waals surface area contributed by atoms with Crippen LogP contribution in [-0.2, 0) is 14.8 Å². The van der Waals surface area contributed by atoms with Crippen LogP contribution in [0.1, 0.15) is 19.3 Å². The van der Waals surface area contributed by atoms with E-state index in [9.17, 15) is 18.3 Å². The zero-order chi connectivity index (χ0) is 14.4. The third-order valence-electron chi connectivity index (χ3n) is 4.51. The van der Waals surface area contributed by atoms with E-state index in [0.717, 1.165) is 12.8 Å². The highest BCUT2D eigenvalue weighted by molar-refractivity contribution is 7.89. The molecule has 2 aliphatic rings. The molecule has 6 nitrogen and oxygen atoms in total. The van der Waals surface area contributed by atoms with Crippen LogP contribution >= 0.6 is 0 Å². The number of hydrogen-bond donors (Lipinski definition) is 1. The van der Waals surface area contributed by atoms with Crippen LogP contribution in [0, 0.1) is 11.3 Å². The molecular formula is C13H16N2O4S. The summed E-state index contributed by atoms with van der Waals surface area (Å²) in [5.41, 5.74) is -0.901. The molecule has 3 rings (SSSR count). The topological polar surface area (TPSA) is 87.6 Å². The Balaban J connectivity index is 1.93. The molecule has 2 fully saturated rings. The number of fused-ring (bicyclic) bond motifs is 1. The SMILES string of the molecule is O=C(O)[C@@]12CCC[C@H]1CN(S(=O)(=O)c1ccccn1)C2. The molecule has 1 saturated heterocycles. The van der Waals surface area contributed by atoms with E-state index in [1.54, 1.807) is 12.1 Å². The standard InChI is InChI=1S/C13H16N2O4S/c16-12(17)13-6-3-4-10(13)8-15(9-13)20(18,19)11-5-1-2-7-14-11/h1-2,5,7,10H,3-4,6,8-9H2,(H,16,17)/t10-,13+/m0/s1. The summed E-state index contributed by atoms with van der Waals surface area (Å²) in [6.45, 7) is 0.344. The summed E-state index contributed by atoms with van der Waals surface area (Å²) >= 11 is 0. The summed E-state index contributed by atoms with van der Waals surface area (Å²) in [7, 11) is -3.69. The van der Waals surface area contributed by atoms with E-state index >= 15 is 0 Å². The van der Waals surface area contributed by atoms with E-state index in [-0.39, 0.29) is 24.0 Å². The molecule has 0 bridgehead atoms. The average Bonchev–Trinajstić information content (AvgIpc) is 2.97. The van der Waals surface area contributed by atoms with E-state index in [4.69, 9.17) is 0 Å². The first-order valence-electron chi connectivity index (χ1n) is 6.61. The van der Waals surface area contributed by atoms with Crippen molar-refractivity contribution in [3.8, 4) is 0 Å². The van der Waals surface area contributed by atoms with Gasteiger partial charge in [-0.3, -0.25) is 4.79 Å². The van der Waals surface area contributed by atoms with Crippen LogP contribution in [0.2, 0.25) is 0 Å². The fraction of sp³-hybridized carbons (Fsp3) is 0.538. The molecule has 0 unspecified atom stereocenters. The monoisotopic (exact) mass is 296 g/mol. The van der Waals surface area contributed by atoms with E-state index in [2.05, 4.69) is 4.98 Å². The first kappa shape index (κ1) is 13.5. The lowest BCUT2D eigenvalue weighted by atomic mass is 9.81. The highest BCUT2D eigenvalue weighted by Gasteiger charge is 2.57. The molecule has 0 radical (unpaired) electrons. The van der Waals surface area contributed by atoms with Gasteiger partial charge in [0, 0.05) is 19.3 Å².